The van der Waals surface area contributed by atoms with E-state index in [1.807, 2.05) is 0 Å². The minimum atomic E-state index is -0.307. The molecule has 2 aromatic heterocycles. The van der Waals surface area contributed by atoms with Crippen molar-refractivity contribution < 1.29 is 0 Å². The molecule has 20 aromatic carbocycles. The number of hydrogen-bond donors (Lipinski definition) is 0. The van der Waals surface area contributed by atoms with Crippen molar-refractivity contribution in [2.45, 2.75) is 157 Å². The number of nitrogens with zero attached hydrogens (tertiary/aromatic N) is 4. The Morgan fingerprint density at radius 3 is 1.01 bits per heavy atom. The van der Waals surface area contributed by atoms with E-state index >= 15 is 0 Å². The topological polar surface area (TPSA) is 16.3 Å². The smallest absolute Gasteiger partial charge is 0.0547 e. The summed E-state index contributed by atoms with van der Waals surface area (Å²) in [5.74, 6) is 0. The molecule has 0 amide bonds. The minimum Gasteiger partial charge on any atom is -0.309 e. The van der Waals surface area contributed by atoms with E-state index in [2.05, 4.69) is 579 Å². The van der Waals surface area contributed by atoms with Gasteiger partial charge in [0.15, 0.2) is 0 Å². The monoisotopic (exact) mass is 1860 g/mol. The Morgan fingerprint density at radius 1 is 0.188 bits per heavy atom. The van der Waals surface area contributed by atoms with Crippen LogP contribution >= 0.6 is 0 Å². The lowest BCUT2D eigenvalue weighted by atomic mass is 9.75. The maximum absolute atomic E-state index is 2.56. The maximum Gasteiger partial charge on any atom is 0.0547 e. The van der Waals surface area contributed by atoms with E-state index in [1.54, 1.807) is 0 Å². The molecule has 0 aliphatic rings. The van der Waals surface area contributed by atoms with Crippen LogP contribution in [-0.2, 0) is 38.9 Å². The van der Waals surface area contributed by atoms with Gasteiger partial charge in [-0.25, -0.2) is 0 Å². The molecule has 0 radical (unpaired) electrons. The van der Waals surface area contributed by atoms with Gasteiger partial charge in [-0.1, -0.05) is 463 Å². The largest absolute Gasteiger partial charge is 0.309 e. The number of para-hydroxylation sites is 8. The lowest BCUT2D eigenvalue weighted by molar-refractivity contribution is 0.517. The van der Waals surface area contributed by atoms with Gasteiger partial charge in [0.2, 0.25) is 0 Å². The first kappa shape index (κ1) is 93.1. The molecule has 0 aliphatic carbocycles. The summed E-state index contributed by atoms with van der Waals surface area (Å²) >= 11 is 0. The Morgan fingerprint density at radius 2 is 0.528 bits per heavy atom. The molecular weight excluding hydrogens is 1740 g/mol. The summed E-state index contributed by atoms with van der Waals surface area (Å²) in [5, 5.41) is 9.68. The summed E-state index contributed by atoms with van der Waals surface area (Å²) < 4.78 is 4.90. The number of fused-ring (bicyclic) bond motifs is 8. The summed E-state index contributed by atoms with van der Waals surface area (Å²) in [4.78, 5) is 5.09. The van der Waals surface area contributed by atoms with E-state index in [1.165, 1.54) is 126 Å². The Balaban J connectivity index is 0.628. The summed E-state index contributed by atoms with van der Waals surface area (Å²) in [6, 6.07) is 168. The third kappa shape index (κ3) is 17.5. The number of anilines is 6. The average molecular weight is 1860 g/mol. The van der Waals surface area contributed by atoms with Crippen LogP contribution in [0.25, 0.3) is 166 Å². The van der Waals surface area contributed by atoms with Crippen molar-refractivity contribution in [2.24, 2.45) is 0 Å². The van der Waals surface area contributed by atoms with Crippen LogP contribution in [0.15, 0.2) is 443 Å². The van der Waals surface area contributed by atoms with Gasteiger partial charge in [0.1, 0.15) is 0 Å². The highest BCUT2D eigenvalue weighted by atomic mass is 15.2. The fourth-order valence-corrected chi connectivity index (χ4v) is 22.1. The van der Waals surface area contributed by atoms with Crippen molar-refractivity contribution in [3.63, 3.8) is 0 Å². The highest BCUT2D eigenvalue weighted by Gasteiger charge is 2.33. The van der Waals surface area contributed by atoms with Gasteiger partial charge in [-0.05, 0) is 258 Å². The molecule has 4 nitrogen and oxygen atoms in total. The van der Waals surface area contributed by atoms with Crippen LogP contribution in [-0.4, -0.2) is 9.13 Å². The van der Waals surface area contributed by atoms with Gasteiger partial charge in [0, 0.05) is 66.4 Å². The zero-order chi connectivity index (χ0) is 99.5. The quantitative estimate of drug-likeness (QED) is 0.0802. The molecule has 0 N–H and O–H groups in total. The SMILES string of the molecule is CC(C)(C)c1ccc(-c2ccccc2N(c2cccc(-c3ccc4c5ccccc5n(-c5ccc(CC(C)(C)c6cc(-c7cccc8cccc(-c9ccccc9N(c9ccccc9-c9ccc(C(C)(C)C)cc9)c9ccccc9-c9ccc%10c(c9)c9ccccc9n%10-c9ccccc9)c78)cc(C(C)(C)C)c6)cc5)c4c3)c2)c2ccccc2-c2cccc3cccc(-c4cc(C(C)(C)C)cc(C(C)(C)C)c4)c23)cc1. The first-order valence-corrected chi connectivity index (χ1v) is 51.3. The van der Waals surface area contributed by atoms with Crippen molar-refractivity contribution in [3.05, 3.63) is 482 Å². The molecule has 0 saturated carbocycles. The molecule has 0 bridgehead atoms. The highest BCUT2D eigenvalue weighted by molar-refractivity contribution is 6.15. The second kappa shape index (κ2) is 36.6. The summed E-state index contributed by atoms with van der Waals surface area (Å²) in [5.41, 5.74) is 40.5. The van der Waals surface area contributed by atoms with Gasteiger partial charge in [-0.3, -0.25) is 0 Å². The predicted octanol–water partition coefficient (Wildman–Crippen LogP) is 39.5. The van der Waals surface area contributed by atoms with E-state index in [0.717, 1.165) is 119 Å². The van der Waals surface area contributed by atoms with E-state index in [0.29, 0.717) is 0 Å². The fourth-order valence-electron chi connectivity index (χ4n) is 22.1. The molecule has 22 aromatic rings. The molecule has 0 unspecified atom stereocenters. The van der Waals surface area contributed by atoms with Gasteiger partial charge in [0.25, 0.3) is 0 Å². The van der Waals surface area contributed by atoms with Gasteiger partial charge in [0.05, 0.1) is 50.5 Å². The first-order chi connectivity index (χ1) is 69.3. The van der Waals surface area contributed by atoms with Crippen LogP contribution in [0.4, 0.5) is 34.1 Å². The third-order valence-corrected chi connectivity index (χ3v) is 30.1. The van der Waals surface area contributed by atoms with Crippen LogP contribution in [0, 0.1) is 0 Å². The minimum absolute atomic E-state index is 0.00357. The zero-order valence-electron chi connectivity index (χ0n) is 86.1. The molecule has 0 aliphatic heterocycles. The maximum atomic E-state index is 2.56. The lowest BCUT2D eigenvalue weighted by Crippen LogP contribution is -2.22. The van der Waals surface area contributed by atoms with Crippen LogP contribution in [0.3, 0.4) is 0 Å². The van der Waals surface area contributed by atoms with Crippen LogP contribution in [0.5, 0.6) is 0 Å². The van der Waals surface area contributed by atoms with E-state index in [9.17, 15) is 0 Å². The Kier molecular flexibility index (Phi) is 23.6. The predicted molar refractivity (Wildman–Crippen MR) is 620 cm³/mol. The van der Waals surface area contributed by atoms with Crippen molar-refractivity contribution in [1.29, 1.82) is 0 Å². The molecule has 0 spiro atoms. The normalized spacial score (nSPS) is 12.4. The molecule has 0 saturated heterocycles. The summed E-state index contributed by atoms with van der Waals surface area (Å²) in [7, 11) is 0. The zero-order valence-corrected chi connectivity index (χ0v) is 86.1. The second-order valence-electron chi connectivity index (χ2n) is 45.5. The second-order valence-corrected chi connectivity index (χ2v) is 45.5. The molecule has 0 fully saturated rings. The molecular formula is C140H126N4. The van der Waals surface area contributed by atoms with Crippen molar-refractivity contribution in [3.8, 4) is 100 Å². The molecule has 4 heteroatoms. The van der Waals surface area contributed by atoms with Gasteiger partial charge in [-0.2, -0.15) is 0 Å². The van der Waals surface area contributed by atoms with Gasteiger partial charge >= 0.3 is 0 Å². The van der Waals surface area contributed by atoms with Crippen molar-refractivity contribution in [1.82, 2.24) is 9.13 Å². The molecule has 0 atom stereocenters. The molecule has 144 heavy (non-hydrogen) atoms. The number of benzene rings is 20. The van der Waals surface area contributed by atoms with Crippen LogP contribution in [0.1, 0.15) is 157 Å². The van der Waals surface area contributed by atoms with E-state index in [-0.39, 0.29) is 32.5 Å². The van der Waals surface area contributed by atoms with Gasteiger partial charge < -0.3 is 18.9 Å². The Hall–Kier alpha value is -15.9. The van der Waals surface area contributed by atoms with E-state index in [4.69, 9.17) is 0 Å². The first-order valence-electron chi connectivity index (χ1n) is 51.3. The number of hydrogen-bond acceptors (Lipinski definition) is 2. The van der Waals surface area contributed by atoms with Crippen molar-refractivity contribution >= 4 is 99.3 Å². The Bertz CT molecular complexity index is 8630. The van der Waals surface area contributed by atoms with E-state index < -0.39 is 0 Å². The third-order valence-electron chi connectivity index (χ3n) is 30.1. The average Bonchev–Trinajstić information content (AvgIpc) is 0.891. The number of rotatable bonds is 19. The summed E-state index contributed by atoms with van der Waals surface area (Å²) in [6.45, 7) is 39.8. The summed E-state index contributed by atoms with van der Waals surface area (Å²) in [6.07, 6.45) is 0.815. The van der Waals surface area contributed by atoms with Crippen molar-refractivity contribution in [2.75, 3.05) is 9.80 Å². The molecule has 706 valence electrons. The number of aromatic nitrogens is 2. The Labute approximate surface area is 850 Å². The van der Waals surface area contributed by atoms with Gasteiger partial charge in [-0.15, -0.1) is 0 Å². The highest BCUT2D eigenvalue weighted by Crippen LogP contribution is 2.54. The molecule has 2 heterocycles. The lowest BCUT2D eigenvalue weighted by Gasteiger charge is -2.32. The standard InChI is InChI=1S/C140H126N4/c1-135(2,3)102-74-68-93(69-75-102)111-48-21-28-59-124(111)143(128-63-32-25-52-117(128)121-57-38-42-95-40-36-55-114(133(95)121)100-82-104(137(7,8)9)89-105(83-100)138(10,11)12)110-47-35-44-97(86-110)98-72-80-120-116-51-24-31-62-127(116)142(132(120)88-98)109-78-66-92(67-79-109)91-140(16,17)107-85-101(84-106(90-107)139(13,14)15)115-56-37-41-96-43-39-58-122(134(96)115)118-53-26-34-65-130(118)144(125-60-29-22-49-112(125)94-70-76-103(77-71-94)136(4,5)6)126-61-30-23-50-113(126)99-73-81-131-123(87-99)119-54-27-33-64-129(119)141(131)108-45-19-18-20-46-108/h18-90H,91H2,1-17H3. The fraction of sp³-hybridized carbons (Fsp3) is 0.171. The van der Waals surface area contributed by atoms with Crippen LogP contribution in [0.2, 0.25) is 0 Å². The van der Waals surface area contributed by atoms with Crippen LogP contribution < -0.4 is 9.80 Å². The molecule has 22 rings (SSSR count).